The molecule has 3 heterocycles. The Hall–Kier alpha value is -3.13. The maximum atomic E-state index is 13.1. The summed E-state index contributed by atoms with van der Waals surface area (Å²) < 4.78 is 13.8. The van der Waals surface area contributed by atoms with Gasteiger partial charge in [-0.3, -0.25) is 13.9 Å². The van der Waals surface area contributed by atoms with E-state index < -0.39 is 0 Å². The van der Waals surface area contributed by atoms with Crippen LogP contribution in [0.3, 0.4) is 0 Å². The van der Waals surface area contributed by atoms with Crippen LogP contribution in [-0.2, 0) is 22.5 Å². The van der Waals surface area contributed by atoms with Gasteiger partial charge in [0.25, 0.3) is 0 Å². The third-order valence-electron chi connectivity index (χ3n) is 5.91. The molecular formula is C23H28N4O4. The van der Waals surface area contributed by atoms with E-state index >= 15 is 0 Å². The van der Waals surface area contributed by atoms with Crippen LogP contribution in [0.4, 0.5) is 0 Å². The first kappa shape index (κ1) is 21.1. The van der Waals surface area contributed by atoms with Crippen LogP contribution in [0.25, 0.3) is 11.2 Å². The molecule has 1 amide bonds. The molecule has 4 rings (SSSR count). The normalized spacial score (nSPS) is 16.2. The molecule has 1 aliphatic rings. The van der Waals surface area contributed by atoms with Gasteiger partial charge in [-0.25, -0.2) is 9.78 Å². The summed E-state index contributed by atoms with van der Waals surface area (Å²) in [4.78, 5) is 32.3. The van der Waals surface area contributed by atoms with Crippen molar-refractivity contribution in [3.05, 3.63) is 58.6 Å². The van der Waals surface area contributed by atoms with Crippen molar-refractivity contribution in [2.24, 2.45) is 0 Å². The zero-order valence-corrected chi connectivity index (χ0v) is 18.0. The number of imidazole rings is 1. The number of amides is 1. The van der Waals surface area contributed by atoms with Crippen LogP contribution >= 0.6 is 0 Å². The Morgan fingerprint density at radius 3 is 2.74 bits per heavy atom. The maximum absolute atomic E-state index is 13.1. The quantitative estimate of drug-likeness (QED) is 0.554. The number of methoxy groups -OCH3 is 2. The van der Waals surface area contributed by atoms with Crippen molar-refractivity contribution in [2.45, 2.75) is 31.8 Å². The minimum atomic E-state index is -0.0942. The lowest BCUT2D eigenvalue weighted by atomic mass is 10.1. The smallest absolute Gasteiger partial charge is 0.330 e. The lowest BCUT2D eigenvalue weighted by Gasteiger charge is -2.17. The van der Waals surface area contributed by atoms with Crippen molar-refractivity contribution in [1.29, 1.82) is 0 Å². The SMILES string of the molecule is COCCn1c(=O)n([C@@H]2CCN(C(=O)CCc3ccc(OC)cc3)C2)c2ncccc21. The van der Waals surface area contributed by atoms with Crippen molar-refractivity contribution in [2.75, 3.05) is 33.9 Å². The Morgan fingerprint density at radius 1 is 1.19 bits per heavy atom. The number of pyridine rings is 1. The topological polar surface area (TPSA) is 78.6 Å². The molecule has 0 saturated carbocycles. The van der Waals surface area contributed by atoms with Gasteiger partial charge < -0.3 is 14.4 Å². The Morgan fingerprint density at radius 2 is 2.00 bits per heavy atom. The molecule has 1 fully saturated rings. The van der Waals surface area contributed by atoms with Crippen LogP contribution in [0, 0.1) is 0 Å². The van der Waals surface area contributed by atoms with Crippen LogP contribution in [0.5, 0.6) is 5.75 Å². The summed E-state index contributed by atoms with van der Waals surface area (Å²) in [5.74, 6) is 0.920. The molecule has 0 aliphatic carbocycles. The van der Waals surface area contributed by atoms with Crippen LogP contribution < -0.4 is 10.4 Å². The van der Waals surface area contributed by atoms with Gasteiger partial charge in [0.1, 0.15) is 5.75 Å². The fourth-order valence-corrected chi connectivity index (χ4v) is 4.22. The second-order valence-corrected chi connectivity index (χ2v) is 7.77. The highest BCUT2D eigenvalue weighted by Gasteiger charge is 2.30. The molecule has 1 saturated heterocycles. The predicted molar refractivity (Wildman–Crippen MR) is 117 cm³/mol. The monoisotopic (exact) mass is 424 g/mol. The lowest BCUT2D eigenvalue weighted by molar-refractivity contribution is -0.130. The first-order valence-electron chi connectivity index (χ1n) is 10.6. The fraction of sp³-hybridized carbons (Fsp3) is 0.435. The second kappa shape index (κ2) is 9.34. The number of fused-ring (bicyclic) bond motifs is 1. The van der Waals surface area contributed by atoms with Crippen molar-refractivity contribution >= 4 is 17.1 Å². The molecule has 1 aromatic carbocycles. The Kier molecular flexibility index (Phi) is 6.36. The van der Waals surface area contributed by atoms with E-state index in [0.29, 0.717) is 44.7 Å². The molecule has 164 valence electrons. The number of likely N-dealkylation sites (tertiary alicyclic amines) is 1. The number of hydrogen-bond acceptors (Lipinski definition) is 5. The van der Waals surface area contributed by atoms with Crippen LogP contribution in [0.2, 0.25) is 0 Å². The van der Waals surface area contributed by atoms with Gasteiger partial charge in [-0.1, -0.05) is 12.1 Å². The molecule has 1 aliphatic heterocycles. The largest absolute Gasteiger partial charge is 0.497 e. The third-order valence-corrected chi connectivity index (χ3v) is 5.91. The van der Waals surface area contributed by atoms with Gasteiger partial charge in [0, 0.05) is 32.8 Å². The molecule has 2 aromatic heterocycles. The van der Waals surface area contributed by atoms with Crippen molar-refractivity contribution in [3.63, 3.8) is 0 Å². The second-order valence-electron chi connectivity index (χ2n) is 7.77. The summed E-state index contributed by atoms with van der Waals surface area (Å²) >= 11 is 0. The van der Waals surface area contributed by atoms with Crippen molar-refractivity contribution in [1.82, 2.24) is 19.0 Å². The van der Waals surface area contributed by atoms with E-state index in [1.165, 1.54) is 0 Å². The Bertz CT molecular complexity index is 1100. The standard InChI is InChI=1S/C23H28N4O4/c1-30-15-14-26-20-4-3-12-24-22(20)27(23(26)29)18-11-13-25(16-18)21(28)10-7-17-5-8-19(31-2)9-6-17/h3-6,8-9,12,18H,7,10-11,13-16H2,1-2H3/t18-/m1/s1. The Balaban J connectivity index is 1.46. The van der Waals surface area contributed by atoms with Gasteiger partial charge in [-0.05, 0) is 42.7 Å². The minimum Gasteiger partial charge on any atom is -0.497 e. The molecule has 0 spiro atoms. The van der Waals surface area contributed by atoms with Gasteiger partial charge in [-0.2, -0.15) is 0 Å². The third kappa shape index (κ3) is 4.34. The highest BCUT2D eigenvalue weighted by atomic mass is 16.5. The van der Waals surface area contributed by atoms with Crippen molar-refractivity contribution < 1.29 is 14.3 Å². The number of ether oxygens (including phenoxy) is 2. The summed E-state index contributed by atoms with van der Waals surface area (Å²) in [5, 5.41) is 0. The molecule has 3 aromatic rings. The zero-order chi connectivity index (χ0) is 21.8. The van der Waals surface area contributed by atoms with E-state index in [0.717, 1.165) is 23.3 Å². The molecule has 0 bridgehead atoms. The fourth-order valence-electron chi connectivity index (χ4n) is 4.22. The lowest BCUT2D eigenvalue weighted by Crippen LogP contribution is -2.32. The van der Waals surface area contributed by atoms with E-state index in [2.05, 4.69) is 4.98 Å². The number of benzene rings is 1. The van der Waals surface area contributed by atoms with Crippen LogP contribution in [0.15, 0.2) is 47.4 Å². The Labute approximate surface area is 181 Å². The first-order valence-corrected chi connectivity index (χ1v) is 10.6. The van der Waals surface area contributed by atoms with E-state index in [4.69, 9.17) is 9.47 Å². The number of hydrogen-bond donors (Lipinski definition) is 0. The van der Waals surface area contributed by atoms with Gasteiger partial charge in [0.2, 0.25) is 5.91 Å². The molecule has 0 radical (unpaired) electrons. The molecular weight excluding hydrogens is 396 g/mol. The van der Waals surface area contributed by atoms with Gasteiger partial charge >= 0.3 is 5.69 Å². The number of aryl methyl sites for hydroxylation is 1. The van der Waals surface area contributed by atoms with Crippen molar-refractivity contribution in [3.8, 4) is 5.75 Å². The maximum Gasteiger partial charge on any atom is 0.330 e. The van der Waals surface area contributed by atoms with Gasteiger partial charge in [0.05, 0.1) is 31.8 Å². The molecule has 8 heteroatoms. The van der Waals surface area contributed by atoms with Crippen LogP contribution in [0.1, 0.15) is 24.4 Å². The highest BCUT2D eigenvalue weighted by molar-refractivity contribution is 5.77. The average molecular weight is 425 g/mol. The first-order chi connectivity index (χ1) is 15.1. The number of nitrogens with zero attached hydrogens (tertiary/aromatic N) is 4. The summed E-state index contributed by atoms with van der Waals surface area (Å²) in [7, 11) is 3.26. The van der Waals surface area contributed by atoms with E-state index in [1.54, 1.807) is 29.6 Å². The molecule has 31 heavy (non-hydrogen) atoms. The average Bonchev–Trinajstić information content (AvgIpc) is 3.38. The van der Waals surface area contributed by atoms with Gasteiger partial charge in [-0.15, -0.1) is 0 Å². The number of rotatable bonds is 8. The predicted octanol–water partition coefficient (Wildman–Crippen LogP) is 2.26. The number of carbonyl (C=O) groups is 1. The zero-order valence-electron chi connectivity index (χ0n) is 18.0. The summed E-state index contributed by atoms with van der Waals surface area (Å²) in [6, 6.07) is 11.5. The summed E-state index contributed by atoms with van der Waals surface area (Å²) in [5.41, 5.74) is 2.48. The molecule has 8 nitrogen and oxygen atoms in total. The summed E-state index contributed by atoms with van der Waals surface area (Å²) in [6.45, 7) is 2.10. The highest BCUT2D eigenvalue weighted by Crippen LogP contribution is 2.25. The van der Waals surface area contributed by atoms with E-state index in [9.17, 15) is 9.59 Å². The number of carbonyl (C=O) groups excluding carboxylic acids is 1. The molecule has 0 unspecified atom stereocenters. The summed E-state index contributed by atoms with van der Waals surface area (Å²) in [6.07, 6.45) is 3.57. The van der Waals surface area contributed by atoms with E-state index in [-0.39, 0.29) is 17.6 Å². The number of aromatic nitrogens is 3. The molecule has 1 atom stereocenters. The molecule has 0 N–H and O–H groups in total. The minimum absolute atomic E-state index is 0.0707. The van der Waals surface area contributed by atoms with E-state index in [1.807, 2.05) is 41.3 Å². The van der Waals surface area contributed by atoms with Crippen LogP contribution in [-0.4, -0.2) is 58.8 Å². The van der Waals surface area contributed by atoms with Gasteiger partial charge in [0.15, 0.2) is 5.65 Å².